The van der Waals surface area contributed by atoms with Gasteiger partial charge in [-0.25, -0.2) is 10.2 Å². The minimum atomic E-state index is -0.591. The summed E-state index contributed by atoms with van der Waals surface area (Å²) in [6, 6.07) is -0.591. The summed E-state index contributed by atoms with van der Waals surface area (Å²) in [4.78, 5) is 10.3. The Morgan fingerprint density at radius 2 is 2.44 bits per heavy atom. The first-order valence-corrected chi connectivity index (χ1v) is 2.57. The van der Waals surface area contributed by atoms with E-state index in [0.717, 1.165) is 5.01 Å². The lowest BCUT2D eigenvalue weighted by atomic mass is 10.6. The van der Waals surface area contributed by atoms with E-state index in [1.807, 2.05) is 0 Å². The minimum Gasteiger partial charge on any atom is -0.394 e. The van der Waals surface area contributed by atoms with Gasteiger partial charge in [0.1, 0.15) is 0 Å². The number of amides is 2. The molecule has 4 N–H and O–H groups in total. The molecule has 0 atom stereocenters. The summed E-state index contributed by atoms with van der Waals surface area (Å²) in [5.41, 5.74) is 7.35. The maximum absolute atomic E-state index is 10.3. The molecule has 0 aliphatic heterocycles. The van der Waals surface area contributed by atoms with E-state index in [9.17, 15) is 4.79 Å². The molecule has 0 unspecified atom stereocenters. The van der Waals surface area contributed by atoms with E-state index in [4.69, 9.17) is 10.8 Å². The number of rotatable bonds is 3. The molecule has 0 saturated heterocycles. The summed E-state index contributed by atoms with van der Waals surface area (Å²) < 4.78 is 0. The zero-order valence-corrected chi connectivity index (χ0v) is 5.29. The average molecular weight is 133 g/mol. The third kappa shape index (κ3) is 2.89. The highest BCUT2D eigenvalue weighted by Crippen LogP contribution is 1.76. The monoisotopic (exact) mass is 133 g/mol. The Balaban J connectivity index is 3.54. The first-order chi connectivity index (χ1) is 4.22. The number of aliphatic hydroxyl groups excluding tert-OH is 1. The SMILES string of the molecule is CNN(CCO)C(N)=O. The summed E-state index contributed by atoms with van der Waals surface area (Å²) in [6.07, 6.45) is 0. The van der Waals surface area contributed by atoms with Crippen molar-refractivity contribution in [1.82, 2.24) is 10.4 Å². The van der Waals surface area contributed by atoms with Crippen LogP contribution < -0.4 is 11.2 Å². The number of nitrogens with zero attached hydrogens (tertiary/aromatic N) is 1. The fourth-order valence-corrected chi connectivity index (χ4v) is 0.432. The van der Waals surface area contributed by atoms with Crippen molar-refractivity contribution >= 4 is 6.03 Å². The summed E-state index contributed by atoms with van der Waals surface area (Å²) in [5, 5.41) is 9.44. The molecule has 0 aromatic carbocycles. The van der Waals surface area contributed by atoms with Crippen LogP contribution in [0.5, 0.6) is 0 Å². The van der Waals surface area contributed by atoms with E-state index in [0.29, 0.717) is 0 Å². The van der Waals surface area contributed by atoms with Crippen molar-refractivity contribution in [2.75, 3.05) is 20.2 Å². The van der Waals surface area contributed by atoms with Gasteiger partial charge >= 0.3 is 6.03 Å². The van der Waals surface area contributed by atoms with Crippen molar-refractivity contribution in [3.63, 3.8) is 0 Å². The predicted octanol–water partition coefficient (Wildman–Crippen LogP) is -1.51. The smallest absolute Gasteiger partial charge is 0.329 e. The second-order valence-electron chi connectivity index (χ2n) is 1.44. The second-order valence-corrected chi connectivity index (χ2v) is 1.44. The molecular weight excluding hydrogens is 122 g/mol. The van der Waals surface area contributed by atoms with Crippen molar-refractivity contribution in [3.05, 3.63) is 0 Å². The lowest BCUT2D eigenvalue weighted by Crippen LogP contribution is -2.45. The van der Waals surface area contributed by atoms with E-state index < -0.39 is 6.03 Å². The minimum absolute atomic E-state index is 0.0935. The molecule has 0 aromatic rings. The largest absolute Gasteiger partial charge is 0.394 e. The van der Waals surface area contributed by atoms with Gasteiger partial charge in [0.2, 0.25) is 0 Å². The van der Waals surface area contributed by atoms with E-state index >= 15 is 0 Å². The van der Waals surface area contributed by atoms with Crippen LogP contribution in [0.2, 0.25) is 0 Å². The van der Waals surface area contributed by atoms with Crippen LogP contribution >= 0.6 is 0 Å². The quantitative estimate of drug-likeness (QED) is 0.410. The van der Waals surface area contributed by atoms with Gasteiger partial charge in [-0.3, -0.25) is 5.01 Å². The van der Waals surface area contributed by atoms with Gasteiger partial charge < -0.3 is 10.8 Å². The molecule has 0 aliphatic carbocycles. The number of carbonyl (C=O) groups is 1. The van der Waals surface area contributed by atoms with Crippen LogP contribution in [0.1, 0.15) is 0 Å². The maximum atomic E-state index is 10.3. The zero-order chi connectivity index (χ0) is 7.28. The Labute approximate surface area is 53.4 Å². The lowest BCUT2D eigenvalue weighted by molar-refractivity contribution is 0.162. The van der Waals surface area contributed by atoms with E-state index in [1.54, 1.807) is 7.05 Å². The predicted molar refractivity (Wildman–Crippen MR) is 32.4 cm³/mol. The number of nitrogens with one attached hydrogen (secondary N) is 1. The zero-order valence-electron chi connectivity index (χ0n) is 5.29. The van der Waals surface area contributed by atoms with Gasteiger partial charge in [0.15, 0.2) is 0 Å². The van der Waals surface area contributed by atoms with Crippen molar-refractivity contribution in [2.45, 2.75) is 0 Å². The summed E-state index contributed by atoms with van der Waals surface area (Å²) in [6.45, 7) is 0.121. The molecule has 0 rings (SSSR count). The van der Waals surface area contributed by atoms with Gasteiger partial charge in [0.05, 0.1) is 13.2 Å². The van der Waals surface area contributed by atoms with E-state index in [2.05, 4.69) is 5.43 Å². The molecular formula is C4H11N3O2. The van der Waals surface area contributed by atoms with Crippen molar-refractivity contribution < 1.29 is 9.90 Å². The Hall–Kier alpha value is -0.810. The third-order valence-electron chi connectivity index (χ3n) is 0.860. The van der Waals surface area contributed by atoms with Crippen LogP contribution in [0.15, 0.2) is 0 Å². The number of hydrogen-bond donors (Lipinski definition) is 3. The Bertz CT molecular complexity index is 95.8. The molecule has 0 radical (unpaired) electrons. The van der Waals surface area contributed by atoms with Gasteiger partial charge in [-0.2, -0.15) is 0 Å². The number of aliphatic hydroxyl groups is 1. The first kappa shape index (κ1) is 8.19. The normalized spacial score (nSPS) is 9.11. The molecule has 2 amide bonds. The molecule has 54 valence electrons. The van der Waals surface area contributed by atoms with Crippen LogP contribution in [-0.4, -0.2) is 36.3 Å². The number of primary amides is 1. The fourth-order valence-electron chi connectivity index (χ4n) is 0.432. The highest BCUT2D eigenvalue weighted by Gasteiger charge is 2.03. The third-order valence-corrected chi connectivity index (χ3v) is 0.860. The van der Waals surface area contributed by atoms with Crippen LogP contribution in [0.3, 0.4) is 0 Å². The molecule has 0 heterocycles. The van der Waals surface area contributed by atoms with Gasteiger partial charge in [-0.1, -0.05) is 0 Å². The van der Waals surface area contributed by atoms with Gasteiger partial charge in [0, 0.05) is 7.05 Å². The standard InChI is InChI=1S/C4H11N3O2/c1-6-7(2-3-8)4(5)9/h6,8H,2-3H2,1H3,(H2,5,9). The van der Waals surface area contributed by atoms with Crippen LogP contribution in [0, 0.1) is 0 Å². The number of urea groups is 1. The Morgan fingerprint density at radius 1 is 1.89 bits per heavy atom. The van der Waals surface area contributed by atoms with Crippen LogP contribution in [0.25, 0.3) is 0 Å². The van der Waals surface area contributed by atoms with Crippen molar-refractivity contribution in [3.8, 4) is 0 Å². The summed E-state index contributed by atoms with van der Waals surface area (Å²) in [7, 11) is 1.56. The molecule has 0 aromatic heterocycles. The second kappa shape index (κ2) is 4.11. The number of hydrogen-bond acceptors (Lipinski definition) is 3. The Kier molecular flexibility index (Phi) is 3.74. The summed E-state index contributed by atoms with van der Waals surface area (Å²) in [5.74, 6) is 0. The summed E-state index contributed by atoms with van der Waals surface area (Å²) >= 11 is 0. The topological polar surface area (TPSA) is 78.6 Å². The molecule has 5 nitrogen and oxygen atoms in total. The van der Waals surface area contributed by atoms with Gasteiger partial charge in [0.25, 0.3) is 0 Å². The number of carbonyl (C=O) groups excluding carboxylic acids is 1. The number of hydrazine groups is 1. The van der Waals surface area contributed by atoms with Crippen molar-refractivity contribution in [2.24, 2.45) is 5.73 Å². The molecule has 0 aliphatic rings. The molecule has 9 heavy (non-hydrogen) atoms. The highest BCUT2D eigenvalue weighted by molar-refractivity contribution is 5.71. The average Bonchev–Trinajstić information content (AvgIpc) is 1.82. The van der Waals surface area contributed by atoms with Gasteiger partial charge in [-0.15, -0.1) is 0 Å². The van der Waals surface area contributed by atoms with E-state index in [1.165, 1.54) is 0 Å². The van der Waals surface area contributed by atoms with E-state index in [-0.39, 0.29) is 13.2 Å². The lowest BCUT2D eigenvalue weighted by Gasteiger charge is -2.16. The molecule has 5 heteroatoms. The molecule has 0 saturated carbocycles. The molecule has 0 spiro atoms. The number of nitrogens with two attached hydrogens (primary N) is 1. The molecule has 0 fully saturated rings. The highest BCUT2D eigenvalue weighted by atomic mass is 16.3. The Morgan fingerprint density at radius 3 is 2.56 bits per heavy atom. The molecule has 0 bridgehead atoms. The van der Waals surface area contributed by atoms with Gasteiger partial charge in [-0.05, 0) is 0 Å². The van der Waals surface area contributed by atoms with Crippen LogP contribution in [0.4, 0.5) is 4.79 Å². The maximum Gasteiger partial charge on any atom is 0.329 e. The van der Waals surface area contributed by atoms with Crippen LogP contribution in [-0.2, 0) is 0 Å². The van der Waals surface area contributed by atoms with Crippen molar-refractivity contribution in [1.29, 1.82) is 0 Å². The first-order valence-electron chi connectivity index (χ1n) is 2.57. The fraction of sp³-hybridized carbons (Fsp3) is 0.750.